The van der Waals surface area contributed by atoms with Gasteiger partial charge >= 0.3 is 11.8 Å². The van der Waals surface area contributed by atoms with Crippen LogP contribution in [-0.4, -0.2) is 28.7 Å². The third-order valence-corrected chi connectivity index (χ3v) is 3.47. The Labute approximate surface area is 141 Å². The SMILES string of the molecule is COC(=O)NCc1cc(C(=O)n2c(=O)oc3ccc(N)cc32)ccn1. The van der Waals surface area contributed by atoms with Crippen molar-refractivity contribution in [3.8, 4) is 0 Å². The normalized spacial score (nSPS) is 10.6. The molecule has 0 saturated carbocycles. The van der Waals surface area contributed by atoms with Gasteiger partial charge in [-0.25, -0.2) is 14.2 Å². The molecule has 3 N–H and O–H groups in total. The molecule has 128 valence electrons. The van der Waals surface area contributed by atoms with Crippen molar-refractivity contribution < 1.29 is 18.7 Å². The summed E-state index contributed by atoms with van der Waals surface area (Å²) in [5, 5.41) is 2.46. The van der Waals surface area contributed by atoms with Crippen molar-refractivity contribution in [1.29, 1.82) is 0 Å². The Kier molecular flexibility index (Phi) is 4.21. The van der Waals surface area contributed by atoms with Gasteiger partial charge in [0.2, 0.25) is 0 Å². The van der Waals surface area contributed by atoms with Crippen LogP contribution in [0.4, 0.5) is 10.5 Å². The van der Waals surface area contributed by atoms with Crippen LogP contribution < -0.4 is 16.8 Å². The van der Waals surface area contributed by atoms with Crippen molar-refractivity contribution in [3.63, 3.8) is 0 Å². The van der Waals surface area contributed by atoms with Crippen LogP contribution in [-0.2, 0) is 11.3 Å². The maximum absolute atomic E-state index is 12.7. The lowest BCUT2D eigenvalue weighted by Gasteiger charge is -2.06. The number of fused-ring (bicyclic) bond motifs is 1. The zero-order valence-corrected chi connectivity index (χ0v) is 13.2. The highest BCUT2D eigenvalue weighted by Crippen LogP contribution is 2.17. The van der Waals surface area contributed by atoms with Crippen molar-refractivity contribution >= 4 is 28.8 Å². The highest BCUT2D eigenvalue weighted by atomic mass is 16.5. The summed E-state index contributed by atoms with van der Waals surface area (Å²) in [7, 11) is 1.24. The van der Waals surface area contributed by atoms with E-state index in [1.165, 1.54) is 37.6 Å². The minimum Gasteiger partial charge on any atom is -0.453 e. The minimum absolute atomic E-state index is 0.0712. The van der Waals surface area contributed by atoms with E-state index in [0.717, 1.165) is 4.57 Å². The summed E-state index contributed by atoms with van der Waals surface area (Å²) in [6.45, 7) is 0.0712. The van der Waals surface area contributed by atoms with Crippen LogP contribution in [0.1, 0.15) is 16.1 Å². The second-order valence-corrected chi connectivity index (χ2v) is 5.12. The van der Waals surface area contributed by atoms with Crippen molar-refractivity contribution in [2.45, 2.75) is 6.54 Å². The Morgan fingerprint density at radius 3 is 2.88 bits per heavy atom. The van der Waals surface area contributed by atoms with Gasteiger partial charge in [0.15, 0.2) is 5.58 Å². The average Bonchev–Trinajstić information content (AvgIpc) is 2.94. The molecule has 0 unspecified atom stereocenters. The number of hydrogen-bond acceptors (Lipinski definition) is 7. The molecular formula is C16H14N4O5. The van der Waals surface area contributed by atoms with Gasteiger partial charge < -0.3 is 20.2 Å². The Hall–Kier alpha value is -3.62. The molecule has 0 aliphatic heterocycles. The first kappa shape index (κ1) is 16.2. The van der Waals surface area contributed by atoms with Crippen molar-refractivity contribution in [1.82, 2.24) is 14.9 Å². The molecule has 0 spiro atoms. The van der Waals surface area contributed by atoms with Crippen molar-refractivity contribution in [2.24, 2.45) is 0 Å². The summed E-state index contributed by atoms with van der Waals surface area (Å²) < 4.78 is 10.4. The van der Waals surface area contributed by atoms with Gasteiger partial charge in [-0.1, -0.05) is 0 Å². The second-order valence-electron chi connectivity index (χ2n) is 5.12. The van der Waals surface area contributed by atoms with Crippen LogP contribution in [0.25, 0.3) is 11.1 Å². The number of nitrogens with zero attached hydrogens (tertiary/aromatic N) is 2. The first-order chi connectivity index (χ1) is 12.0. The van der Waals surface area contributed by atoms with Crippen LogP contribution in [0.3, 0.4) is 0 Å². The fourth-order valence-electron chi connectivity index (χ4n) is 2.30. The number of rotatable bonds is 3. The van der Waals surface area contributed by atoms with E-state index in [1.807, 2.05) is 0 Å². The lowest BCUT2D eigenvalue weighted by Crippen LogP contribution is -2.25. The number of oxazole rings is 1. The predicted octanol–water partition coefficient (Wildman–Crippen LogP) is 1.12. The first-order valence-corrected chi connectivity index (χ1v) is 7.22. The molecule has 25 heavy (non-hydrogen) atoms. The topological polar surface area (TPSA) is 129 Å². The van der Waals surface area contributed by atoms with Gasteiger partial charge in [-0.3, -0.25) is 9.78 Å². The van der Waals surface area contributed by atoms with E-state index in [2.05, 4.69) is 15.0 Å². The van der Waals surface area contributed by atoms with Crippen LogP contribution in [0.2, 0.25) is 0 Å². The quantitative estimate of drug-likeness (QED) is 0.682. The monoisotopic (exact) mass is 342 g/mol. The maximum atomic E-state index is 12.7. The number of aromatic nitrogens is 2. The largest absolute Gasteiger partial charge is 0.453 e. The van der Waals surface area contributed by atoms with Gasteiger partial charge in [-0.15, -0.1) is 0 Å². The Morgan fingerprint density at radius 1 is 1.32 bits per heavy atom. The highest BCUT2D eigenvalue weighted by molar-refractivity contribution is 6.01. The molecule has 1 aromatic carbocycles. The summed E-state index contributed by atoms with van der Waals surface area (Å²) in [5.74, 6) is -1.40. The molecule has 0 fully saturated rings. The van der Waals surface area contributed by atoms with E-state index in [9.17, 15) is 14.4 Å². The van der Waals surface area contributed by atoms with E-state index < -0.39 is 17.8 Å². The van der Waals surface area contributed by atoms with E-state index in [1.54, 1.807) is 6.07 Å². The number of pyridine rings is 1. The summed E-state index contributed by atoms with van der Waals surface area (Å²) in [4.78, 5) is 39.9. The van der Waals surface area contributed by atoms with Crippen molar-refractivity contribution in [2.75, 3.05) is 12.8 Å². The first-order valence-electron chi connectivity index (χ1n) is 7.22. The van der Waals surface area contributed by atoms with Gasteiger partial charge in [-0.05, 0) is 30.3 Å². The minimum atomic E-state index is -0.809. The van der Waals surface area contributed by atoms with Gasteiger partial charge in [-0.2, -0.15) is 0 Å². The lowest BCUT2D eigenvalue weighted by atomic mass is 10.2. The molecule has 0 aliphatic rings. The van der Waals surface area contributed by atoms with E-state index in [4.69, 9.17) is 10.2 Å². The summed E-state index contributed by atoms with van der Waals surface area (Å²) >= 11 is 0. The third-order valence-electron chi connectivity index (χ3n) is 3.47. The number of carbonyl (C=O) groups excluding carboxylic acids is 2. The number of anilines is 1. The summed E-state index contributed by atoms with van der Waals surface area (Å²) in [6, 6.07) is 7.51. The number of nitrogens with two attached hydrogens (primary N) is 1. The molecule has 9 nitrogen and oxygen atoms in total. The number of alkyl carbamates (subject to hydrolysis) is 1. The average molecular weight is 342 g/mol. The smallest absolute Gasteiger partial charge is 0.427 e. The Morgan fingerprint density at radius 2 is 2.12 bits per heavy atom. The number of amides is 1. The predicted molar refractivity (Wildman–Crippen MR) is 88.1 cm³/mol. The number of nitrogen functional groups attached to an aromatic ring is 1. The molecular weight excluding hydrogens is 328 g/mol. The number of ether oxygens (including phenoxy) is 1. The van der Waals surface area contributed by atoms with Crippen molar-refractivity contribution in [3.05, 3.63) is 58.3 Å². The zero-order chi connectivity index (χ0) is 18.0. The number of methoxy groups -OCH3 is 1. The lowest BCUT2D eigenvalue weighted by molar-refractivity contribution is 0.0956. The molecule has 3 rings (SSSR count). The summed E-state index contributed by atoms with van der Waals surface area (Å²) in [6.07, 6.45) is 0.787. The van der Waals surface area contributed by atoms with Gasteiger partial charge in [0, 0.05) is 17.4 Å². The molecule has 0 saturated heterocycles. The molecule has 0 atom stereocenters. The molecule has 2 heterocycles. The number of carbonyl (C=O) groups is 2. The fraction of sp³-hybridized carbons (Fsp3) is 0.125. The standard InChI is InChI=1S/C16H14N4O5/c1-24-15(22)19-8-11-6-9(4-5-18-11)14(21)20-12-7-10(17)2-3-13(12)25-16(20)23/h2-7H,8,17H2,1H3,(H,19,22). The number of benzene rings is 1. The van der Waals surface area contributed by atoms with E-state index >= 15 is 0 Å². The molecule has 9 heteroatoms. The van der Waals surface area contributed by atoms with E-state index in [-0.39, 0.29) is 23.2 Å². The van der Waals surface area contributed by atoms with Crippen LogP contribution in [0.5, 0.6) is 0 Å². The van der Waals surface area contributed by atoms with Gasteiger partial charge in [0.05, 0.1) is 19.3 Å². The van der Waals surface area contributed by atoms with Gasteiger partial charge in [0.1, 0.15) is 5.52 Å². The highest BCUT2D eigenvalue weighted by Gasteiger charge is 2.18. The molecule has 1 amide bonds. The third kappa shape index (κ3) is 3.20. The second kappa shape index (κ2) is 6.48. The fourth-order valence-corrected chi connectivity index (χ4v) is 2.30. The van der Waals surface area contributed by atoms with E-state index in [0.29, 0.717) is 11.4 Å². The zero-order valence-electron chi connectivity index (χ0n) is 13.2. The summed E-state index contributed by atoms with van der Waals surface area (Å²) in [5.41, 5.74) is 7.29. The molecule has 2 aromatic heterocycles. The van der Waals surface area contributed by atoms with Gasteiger partial charge in [0.25, 0.3) is 5.91 Å². The maximum Gasteiger partial charge on any atom is 0.427 e. The Bertz CT molecular complexity index is 1020. The molecule has 0 radical (unpaired) electrons. The number of nitrogens with one attached hydrogen (secondary N) is 1. The Balaban J connectivity index is 1.96. The van der Waals surface area contributed by atoms with Crippen LogP contribution in [0, 0.1) is 0 Å². The molecule has 3 aromatic rings. The van der Waals surface area contributed by atoms with Crippen LogP contribution in [0.15, 0.2) is 45.7 Å². The number of hydrogen-bond donors (Lipinski definition) is 2. The molecule has 0 aliphatic carbocycles. The van der Waals surface area contributed by atoms with Crippen LogP contribution >= 0.6 is 0 Å². The molecule has 0 bridgehead atoms.